The highest BCUT2D eigenvalue weighted by Gasteiger charge is 2.29. The average molecular weight is 362 g/mol. The number of amides is 2. The third-order valence-corrected chi connectivity index (χ3v) is 3.37. The van der Waals surface area contributed by atoms with Crippen LogP contribution in [-0.4, -0.2) is 32.0 Å². The molecule has 0 aliphatic rings. The molecule has 0 saturated heterocycles. The molecule has 0 fully saturated rings. The number of carbonyl (C=O) groups excluding carboxylic acids is 1. The molecule has 142 valence electrons. The second kappa shape index (κ2) is 9.39. The lowest BCUT2D eigenvalue weighted by molar-refractivity contribution is -0.153. The van der Waals surface area contributed by atoms with Crippen LogP contribution in [0.1, 0.15) is 33.6 Å². The van der Waals surface area contributed by atoms with Crippen molar-refractivity contribution in [3.63, 3.8) is 0 Å². The highest BCUT2D eigenvalue weighted by molar-refractivity contribution is 5.89. The molecule has 1 unspecified atom stereocenters. The van der Waals surface area contributed by atoms with Gasteiger partial charge in [0, 0.05) is 17.8 Å². The summed E-state index contributed by atoms with van der Waals surface area (Å²) in [4.78, 5) is 12.0. The third-order valence-electron chi connectivity index (χ3n) is 3.37. The number of carbonyl (C=O) groups is 1. The van der Waals surface area contributed by atoms with E-state index >= 15 is 0 Å². The summed E-state index contributed by atoms with van der Waals surface area (Å²) < 4.78 is 46.7. The van der Waals surface area contributed by atoms with Gasteiger partial charge in [0.1, 0.15) is 0 Å². The fourth-order valence-corrected chi connectivity index (χ4v) is 2.07. The largest absolute Gasteiger partial charge is 0.493 e. The lowest BCUT2D eigenvalue weighted by Gasteiger charge is -2.17. The van der Waals surface area contributed by atoms with E-state index in [0.29, 0.717) is 11.6 Å². The van der Waals surface area contributed by atoms with Crippen LogP contribution in [0.2, 0.25) is 0 Å². The van der Waals surface area contributed by atoms with Crippen molar-refractivity contribution in [3.8, 4) is 11.5 Å². The summed E-state index contributed by atoms with van der Waals surface area (Å²) in [6.07, 6.45) is -2.63. The van der Waals surface area contributed by atoms with Gasteiger partial charge < -0.3 is 20.1 Å². The van der Waals surface area contributed by atoms with Gasteiger partial charge in [-0.2, -0.15) is 13.2 Å². The van der Waals surface area contributed by atoms with Crippen molar-refractivity contribution in [2.75, 3.05) is 19.0 Å². The Labute approximate surface area is 145 Å². The Morgan fingerprint density at radius 2 is 1.84 bits per heavy atom. The number of alkyl halides is 3. The number of hydrogen-bond acceptors (Lipinski definition) is 3. The molecule has 1 rings (SSSR count). The van der Waals surface area contributed by atoms with E-state index in [0.717, 1.165) is 12.8 Å². The Kier molecular flexibility index (Phi) is 7.86. The van der Waals surface area contributed by atoms with Gasteiger partial charge in [-0.05, 0) is 37.8 Å². The van der Waals surface area contributed by atoms with Gasteiger partial charge >= 0.3 is 12.2 Å². The van der Waals surface area contributed by atoms with Gasteiger partial charge in [-0.25, -0.2) is 4.79 Å². The molecule has 1 aromatic rings. The average Bonchev–Trinajstić information content (AvgIpc) is 2.50. The first-order chi connectivity index (χ1) is 11.6. The number of methoxy groups -OCH3 is 1. The minimum atomic E-state index is -4.46. The van der Waals surface area contributed by atoms with E-state index in [1.165, 1.54) is 25.3 Å². The molecule has 0 saturated carbocycles. The van der Waals surface area contributed by atoms with Crippen LogP contribution in [0, 0.1) is 5.92 Å². The molecule has 0 bridgehead atoms. The van der Waals surface area contributed by atoms with Crippen LogP contribution < -0.4 is 20.1 Å². The minimum absolute atomic E-state index is 0.0124. The van der Waals surface area contributed by atoms with Crippen molar-refractivity contribution in [2.24, 2.45) is 5.92 Å². The van der Waals surface area contributed by atoms with Crippen LogP contribution in [0.15, 0.2) is 18.2 Å². The van der Waals surface area contributed by atoms with E-state index in [4.69, 9.17) is 9.47 Å². The molecule has 0 aliphatic heterocycles. The summed E-state index contributed by atoms with van der Waals surface area (Å²) in [7, 11) is 1.33. The number of halogens is 3. The number of rotatable bonds is 8. The topological polar surface area (TPSA) is 59.6 Å². The molecule has 5 nitrogen and oxygen atoms in total. The monoisotopic (exact) mass is 362 g/mol. The Morgan fingerprint density at radius 1 is 1.16 bits per heavy atom. The first kappa shape index (κ1) is 20.9. The second-order valence-corrected chi connectivity index (χ2v) is 6.24. The second-order valence-electron chi connectivity index (χ2n) is 6.24. The molecule has 1 atom stereocenters. The minimum Gasteiger partial charge on any atom is -0.493 e. The molecular weight excluding hydrogens is 337 g/mol. The zero-order chi connectivity index (χ0) is 19.0. The Hall–Kier alpha value is -2.12. The lowest BCUT2D eigenvalue weighted by atomic mass is 10.0. The SMILES string of the molecule is COc1ccc(NC(=O)NC(C)CCC(C)C)cc1OCC(F)(F)F. The maximum Gasteiger partial charge on any atom is 0.422 e. The lowest BCUT2D eigenvalue weighted by Crippen LogP contribution is -2.36. The van der Waals surface area contributed by atoms with Crippen LogP contribution in [0.25, 0.3) is 0 Å². The standard InChI is InChI=1S/C17H25F3N2O3/c1-11(2)5-6-12(3)21-16(23)22-13-7-8-14(24-4)15(9-13)25-10-17(18,19)20/h7-9,11-12H,5-6,10H2,1-4H3,(H2,21,22,23). The predicted molar refractivity (Wildman–Crippen MR) is 90.2 cm³/mol. The van der Waals surface area contributed by atoms with Gasteiger partial charge in [0.2, 0.25) is 0 Å². The summed E-state index contributed by atoms with van der Waals surface area (Å²) in [5, 5.41) is 5.37. The van der Waals surface area contributed by atoms with Crippen molar-refractivity contribution in [1.82, 2.24) is 5.32 Å². The van der Waals surface area contributed by atoms with Gasteiger partial charge in [0.05, 0.1) is 7.11 Å². The number of nitrogens with one attached hydrogen (secondary N) is 2. The fourth-order valence-electron chi connectivity index (χ4n) is 2.07. The molecule has 0 radical (unpaired) electrons. The number of hydrogen-bond donors (Lipinski definition) is 2. The first-order valence-corrected chi connectivity index (χ1v) is 8.06. The van der Waals surface area contributed by atoms with E-state index in [9.17, 15) is 18.0 Å². The van der Waals surface area contributed by atoms with Crippen LogP contribution in [0.3, 0.4) is 0 Å². The molecule has 0 spiro atoms. The van der Waals surface area contributed by atoms with E-state index in [2.05, 4.69) is 24.5 Å². The maximum atomic E-state index is 12.3. The molecule has 2 amide bonds. The van der Waals surface area contributed by atoms with Crippen molar-refractivity contribution in [2.45, 2.75) is 45.8 Å². The van der Waals surface area contributed by atoms with E-state index in [-0.39, 0.29) is 17.5 Å². The first-order valence-electron chi connectivity index (χ1n) is 8.06. The normalized spacial score (nSPS) is 12.6. The van der Waals surface area contributed by atoms with Crippen LogP contribution >= 0.6 is 0 Å². The molecule has 0 heterocycles. The molecular formula is C17H25F3N2O3. The molecule has 2 N–H and O–H groups in total. The van der Waals surface area contributed by atoms with E-state index < -0.39 is 18.8 Å². The van der Waals surface area contributed by atoms with E-state index in [1.54, 1.807) is 0 Å². The zero-order valence-electron chi connectivity index (χ0n) is 14.9. The van der Waals surface area contributed by atoms with Crippen molar-refractivity contribution in [1.29, 1.82) is 0 Å². The van der Waals surface area contributed by atoms with Crippen LogP contribution in [0.4, 0.5) is 23.7 Å². The van der Waals surface area contributed by atoms with Crippen molar-refractivity contribution >= 4 is 11.7 Å². The molecule has 0 aromatic heterocycles. The Bertz CT molecular complexity index is 563. The number of ether oxygens (including phenoxy) is 2. The smallest absolute Gasteiger partial charge is 0.422 e. The predicted octanol–water partition coefficient (Wildman–Crippen LogP) is 4.58. The summed E-state index contributed by atoms with van der Waals surface area (Å²) >= 11 is 0. The molecule has 0 aliphatic carbocycles. The number of benzene rings is 1. The molecule has 1 aromatic carbocycles. The molecule has 8 heteroatoms. The Morgan fingerprint density at radius 3 is 2.40 bits per heavy atom. The van der Waals surface area contributed by atoms with Gasteiger partial charge in [-0.3, -0.25) is 0 Å². The summed E-state index contributed by atoms with van der Waals surface area (Å²) in [6.45, 7) is 4.67. The Balaban J connectivity index is 2.67. The van der Waals surface area contributed by atoms with Crippen molar-refractivity contribution in [3.05, 3.63) is 18.2 Å². The van der Waals surface area contributed by atoms with Gasteiger partial charge in [0.25, 0.3) is 0 Å². The third kappa shape index (κ3) is 8.51. The quantitative estimate of drug-likeness (QED) is 0.711. The van der Waals surface area contributed by atoms with Crippen LogP contribution in [0.5, 0.6) is 11.5 Å². The zero-order valence-corrected chi connectivity index (χ0v) is 14.9. The number of anilines is 1. The van der Waals surface area contributed by atoms with Gasteiger partial charge in [-0.15, -0.1) is 0 Å². The maximum absolute atomic E-state index is 12.3. The summed E-state index contributed by atoms with van der Waals surface area (Å²) in [6, 6.07) is 3.81. The highest BCUT2D eigenvalue weighted by atomic mass is 19.4. The molecule has 25 heavy (non-hydrogen) atoms. The van der Waals surface area contributed by atoms with Crippen LogP contribution in [-0.2, 0) is 0 Å². The van der Waals surface area contributed by atoms with Gasteiger partial charge in [-0.1, -0.05) is 13.8 Å². The van der Waals surface area contributed by atoms with Gasteiger partial charge in [0.15, 0.2) is 18.1 Å². The summed E-state index contributed by atoms with van der Waals surface area (Å²) in [5.74, 6) is 0.605. The summed E-state index contributed by atoms with van der Waals surface area (Å²) in [5.41, 5.74) is 0.312. The van der Waals surface area contributed by atoms with Crippen molar-refractivity contribution < 1.29 is 27.4 Å². The van der Waals surface area contributed by atoms with E-state index in [1.807, 2.05) is 6.92 Å². The highest BCUT2D eigenvalue weighted by Crippen LogP contribution is 2.31. The fraction of sp³-hybridized carbons (Fsp3) is 0.588. The number of urea groups is 1.